The molecule has 4 rings (SSSR count). The van der Waals surface area contributed by atoms with Crippen LogP contribution in [0.1, 0.15) is 24.5 Å². The number of nitrogens with one attached hydrogen (secondary N) is 3. The summed E-state index contributed by atoms with van der Waals surface area (Å²) in [4.78, 5) is 36.3. The fourth-order valence-electron chi connectivity index (χ4n) is 3.50. The zero-order chi connectivity index (χ0) is 26.6. The van der Waals surface area contributed by atoms with Crippen molar-refractivity contribution in [3.8, 4) is 11.1 Å². The molecule has 0 atom stereocenters. The molecule has 13 heteroatoms. The number of pyridine rings is 3. The molecule has 0 spiro atoms. The van der Waals surface area contributed by atoms with Crippen LogP contribution < -0.4 is 21.7 Å². The lowest BCUT2D eigenvalue weighted by atomic mass is 10.1. The Morgan fingerprint density at radius 3 is 2.59 bits per heavy atom. The van der Waals surface area contributed by atoms with E-state index in [-0.39, 0.29) is 30.3 Å². The number of nitrogens with two attached hydrogens (primary N) is 1. The highest BCUT2D eigenvalue weighted by molar-refractivity contribution is 5.91. The van der Waals surface area contributed by atoms with E-state index in [4.69, 9.17) is 5.73 Å². The van der Waals surface area contributed by atoms with E-state index in [1.54, 1.807) is 35.0 Å². The van der Waals surface area contributed by atoms with Crippen molar-refractivity contribution in [2.24, 2.45) is 0 Å². The van der Waals surface area contributed by atoms with E-state index in [1.165, 1.54) is 12.4 Å². The molecule has 0 aliphatic heterocycles. The van der Waals surface area contributed by atoms with Crippen molar-refractivity contribution in [1.82, 2.24) is 24.7 Å². The number of halogens is 3. The summed E-state index contributed by atoms with van der Waals surface area (Å²) in [6.07, 6.45) is 2.16. The predicted molar refractivity (Wildman–Crippen MR) is 132 cm³/mol. The molecule has 3 amide bonds. The van der Waals surface area contributed by atoms with E-state index in [0.717, 1.165) is 18.1 Å². The molecule has 37 heavy (non-hydrogen) atoms. The van der Waals surface area contributed by atoms with Crippen LogP contribution in [0.4, 0.5) is 35.4 Å². The monoisotopic (exact) mass is 512 g/mol. The number of amides is 3. The summed E-state index contributed by atoms with van der Waals surface area (Å²) in [6.45, 7) is 2.07. The highest BCUT2D eigenvalue weighted by atomic mass is 19.4. The van der Waals surface area contributed by atoms with Crippen molar-refractivity contribution in [3.05, 3.63) is 66.2 Å². The fraction of sp³-hybridized carbons (Fsp3) is 0.208. The van der Waals surface area contributed by atoms with E-state index in [9.17, 15) is 22.8 Å². The summed E-state index contributed by atoms with van der Waals surface area (Å²) in [5, 5.41) is 7.81. The van der Waals surface area contributed by atoms with Gasteiger partial charge < -0.3 is 20.8 Å². The predicted octanol–water partition coefficient (Wildman–Crippen LogP) is 4.11. The van der Waals surface area contributed by atoms with Gasteiger partial charge in [0.25, 0.3) is 0 Å². The number of nitrogen functional groups attached to an aromatic ring is 1. The molecule has 0 aromatic carbocycles. The van der Waals surface area contributed by atoms with Gasteiger partial charge in [-0.2, -0.15) is 13.2 Å². The Balaban J connectivity index is 1.35. The number of alkyl halides is 3. The van der Waals surface area contributed by atoms with Crippen LogP contribution in [0.3, 0.4) is 0 Å². The van der Waals surface area contributed by atoms with Gasteiger partial charge in [-0.1, -0.05) is 6.92 Å². The Morgan fingerprint density at radius 2 is 1.84 bits per heavy atom. The zero-order valence-electron chi connectivity index (χ0n) is 19.6. The lowest BCUT2D eigenvalue weighted by Gasteiger charge is -2.11. The van der Waals surface area contributed by atoms with Gasteiger partial charge in [-0.25, -0.2) is 19.7 Å². The molecule has 4 heterocycles. The second-order valence-corrected chi connectivity index (χ2v) is 8.05. The summed E-state index contributed by atoms with van der Waals surface area (Å²) in [6, 6.07) is 7.18. The third kappa shape index (κ3) is 6.31. The van der Waals surface area contributed by atoms with Crippen molar-refractivity contribution in [3.63, 3.8) is 0 Å². The summed E-state index contributed by atoms with van der Waals surface area (Å²) < 4.78 is 41.1. The molecule has 0 saturated heterocycles. The number of nitrogens with zero attached hydrogens (tertiary/aromatic N) is 4. The first-order chi connectivity index (χ1) is 17.6. The number of fused-ring (bicyclic) bond motifs is 1. The number of hydrogen-bond acceptors (Lipinski definition) is 6. The van der Waals surface area contributed by atoms with Crippen LogP contribution in [0.15, 0.2) is 55.1 Å². The van der Waals surface area contributed by atoms with Crippen LogP contribution >= 0.6 is 0 Å². The first kappa shape index (κ1) is 25.4. The Labute approximate surface area is 209 Å². The average Bonchev–Trinajstić information content (AvgIpc) is 3.25. The normalized spacial score (nSPS) is 11.4. The maximum atomic E-state index is 13.2. The van der Waals surface area contributed by atoms with Gasteiger partial charge in [0.15, 0.2) is 5.82 Å². The van der Waals surface area contributed by atoms with E-state index in [2.05, 4.69) is 30.9 Å². The minimum atomic E-state index is -4.63. The molecule has 4 aromatic rings. The minimum absolute atomic E-state index is 0.0372. The number of hydrogen-bond donors (Lipinski definition) is 4. The molecule has 0 saturated carbocycles. The lowest BCUT2D eigenvalue weighted by Crippen LogP contribution is -2.31. The van der Waals surface area contributed by atoms with Crippen molar-refractivity contribution in [2.45, 2.75) is 25.9 Å². The summed E-state index contributed by atoms with van der Waals surface area (Å²) >= 11 is 0. The van der Waals surface area contributed by atoms with Gasteiger partial charge in [-0.3, -0.25) is 10.1 Å². The summed E-state index contributed by atoms with van der Waals surface area (Å²) in [5.74, 6) is -0.238. The average molecular weight is 512 g/mol. The van der Waals surface area contributed by atoms with Crippen LogP contribution in [0.2, 0.25) is 0 Å². The molecule has 192 valence electrons. The molecule has 0 radical (unpaired) electrons. The Kier molecular flexibility index (Phi) is 7.22. The third-order valence-corrected chi connectivity index (χ3v) is 5.39. The summed E-state index contributed by atoms with van der Waals surface area (Å²) in [5.41, 5.74) is 6.52. The first-order valence-electron chi connectivity index (χ1n) is 11.2. The number of carbonyl (C=O) groups is 2. The van der Waals surface area contributed by atoms with E-state index in [0.29, 0.717) is 17.0 Å². The molecule has 5 N–H and O–H groups in total. The van der Waals surface area contributed by atoms with Crippen LogP contribution in [0.25, 0.3) is 16.8 Å². The number of carbonyl (C=O) groups excluding carboxylic acids is 2. The van der Waals surface area contributed by atoms with Crippen molar-refractivity contribution >= 4 is 35.0 Å². The van der Waals surface area contributed by atoms with Gasteiger partial charge in [-0.05, 0) is 42.3 Å². The number of rotatable bonds is 7. The van der Waals surface area contributed by atoms with E-state index >= 15 is 0 Å². The third-order valence-electron chi connectivity index (χ3n) is 5.39. The van der Waals surface area contributed by atoms with Crippen LogP contribution in [-0.4, -0.2) is 37.8 Å². The van der Waals surface area contributed by atoms with Gasteiger partial charge >= 0.3 is 12.2 Å². The highest BCUT2D eigenvalue weighted by Gasteiger charge is 2.34. The van der Waals surface area contributed by atoms with E-state index in [1.807, 2.05) is 13.0 Å². The van der Waals surface area contributed by atoms with Crippen molar-refractivity contribution in [1.29, 1.82) is 0 Å². The quantitative estimate of drug-likeness (QED) is 0.294. The molecular weight excluding hydrogens is 489 g/mol. The van der Waals surface area contributed by atoms with Gasteiger partial charge in [0, 0.05) is 42.7 Å². The zero-order valence-corrected chi connectivity index (χ0v) is 19.6. The smallest absolute Gasteiger partial charge is 0.383 e. The largest absolute Gasteiger partial charge is 0.419 e. The molecule has 10 nitrogen and oxygen atoms in total. The van der Waals surface area contributed by atoms with Gasteiger partial charge in [0.2, 0.25) is 5.91 Å². The molecule has 0 aliphatic carbocycles. The summed E-state index contributed by atoms with van der Waals surface area (Å²) in [7, 11) is 0. The van der Waals surface area contributed by atoms with Crippen LogP contribution in [-0.2, 0) is 17.4 Å². The molecule has 0 bridgehead atoms. The molecular formula is C24H23F3N8O2. The number of imidazole rings is 1. The standard InChI is InChI=1S/C24H23F3N8O2/c1-2-14-5-7-29-18(9-14)33-21(36)6-8-30-23(37)34-19-13-35-12-15(3-4-20(35)32-19)16-10-17(24(25,26)27)22(28)31-11-16/h3-5,7,9-13H,2,6,8H2,1H3,(H2,28,31)(H,29,33,36)(H2,30,34,37). The molecule has 0 aliphatic rings. The minimum Gasteiger partial charge on any atom is -0.383 e. The number of urea groups is 1. The Morgan fingerprint density at radius 1 is 1.03 bits per heavy atom. The number of aromatic nitrogens is 4. The van der Waals surface area contributed by atoms with Gasteiger partial charge in [-0.15, -0.1) is 0 Å². The van der Waals surface area contributed by atoms with E-state index < -0.39 is 23.6 Å². The second kappa shape index (κ2) is 10.5. The maximum Gasteiger partial charge on any atom is 0.419 e. The second-order valence-electron chi connectivity index (χ2n) is 8.05. The SMILES string of the molecule is CCc1ccnc(NC(=O)CCNC(=O)Nc2cn3cc(-c4cnc(N)c(C(F)(F)F)c4)ccc3n2)c1. The maximum absolute atomic E-state index is 13.2. The Hall–Kier alpha value is -4.68. The van der Waals surface area contributed by atoms with Crippen molar-refractivity contribution < 1.29 is 22.8 Å². The van der Waals surface area contributed by atoms with Gasteiger partial charge in [0.1, 0.15) is 17.3 Å². The van der Waals surface area contributed by atoms with Crippen molar-refractivity contribution in [2.75, 3.05) is 22.9 Å². The van der Waals surface area contributed by atoms with Gasteiger partial charge in [0.05, 0.1) is 11.8 Å². The van der Waals surface area contributed by atoms with Crippen LogP contribution in [0, 0.1) is 0 Å². The lowest BCUT2D eigenvalue weighted by molar-refractivity contribution is -0.137. The first-order valence-corrected chi connectivity index (χ1v) is 11.2. The molecule has 0 unspecified atom stereocenters. The molecule has 0 fully saturated rings. The topological polar surface area (TPSA) is 139 Å². The number of aryl methyl sites for hydroxylation is 1. The fourth-order valence-corrected chi connectivity index (χ4v) is 3.50. The molecule has 4 aromatic heterocycles. The highest BCUT2D eigenvalue weighted by Crippen LogP contribution is 2.35. The number of anilines is 3. The van der Waals surface area contributed by atoms with Crippen LogP contribution in [0.5, 0.6) is 0 Å². The Bertz CT molecular complexity index is 1450.